The molecular formula is C85H122O13P4. The molecule has 0 radical (unpaired) electrons. The summed E-state index contributed by atoms with van der Waals surface area (Å²) in [6.45, 7) is 50.9. The first-order valence-electron chi connectivity index (χ1n) is 36.1. The first kappa shape index (κ1) is 87.0. The molecule has 7 aromatic carbocycles. The van der Waals surface area contributed by atoms with Crippen molar-refractivity contribution in [1.29, 1.82) is 0 Å². The van der Waals surface area contributed by atoms with Crippen molar-refractivity contribution >= 4 is 40.0 Å². The van der Waals surface area contributed by atoms with E-state index in [-0.39, 0.29) is 32.9 Å². The smallest absolute Gasteiger partial charge is 0.447 e. The summed E-state index contributed by atoms with van der Waals surface area (Å²) in [6, 6.07) is 51.4. The highest BCUT2D eigenvalue weighted by Crippen LogP contribution is 2.51. The Morgan fingerprint density at radius 3 is 1.12 bits per heavy atom. The maximum atomic E-state index is 11.5. The van der Waals surface area contributed by atoms with E-state index in [9.17, 15) is 4.79 Å². The molecule has 0 N–H and O–H groups in total. The number of unbranched alkanes of at least 4 members (excludes halogenated alkanes) is 3. The third-order valence-electron chi connectivity index (χ3n) is 16.0. The zero-order valence-electron chi connectivity index (χ0n) is 65.9. The molecule has 1 atom stereocenters. The summed E-state index contributed by atoms with van der Waals surface area (Å²) in [4.78, 5) is 11.5. The van der Waals surface area contributed by atoms with Crippen LogP contribution in [0.25, 0.3) is 0 Å². The maximum absolute atomic E-state index is 11.5. The summed E-state index contributed by atoms with van der Waals surface area (Å²) in [5, 5.41) is 0. The number of Topliss-reactive ketones (excluding diaryl/α,β-unsaturated/α-hetero) is 1. The summed E-state index contributed by atoms with van der Waals surface area (Å²) in [5.74, 6) is 6.21. The number of hydrogen-bond donors (Lipinski definition) is 0. The number of hydrogen-bond acceptors (Lipinski definition) is 13. The Bertz CT molecular complexity index is 3290. The predicted molar refractivity (Wildman–Crippen MR) is 428 cm³/mol. The third kappa shape index (κ3) is 31.6. The van der Waals surface area contributed by atoms with Crippen LogP contribution in [0.4, 0.5) is 0 Å². The van der Waals surface area contributed by atoms with Gasteiger partial charge in [-0.1, -0.05) is 240 Å². The molecule has 0 fully saturated rings. The summed E-state index contributed by atoms with van der Waals surface area (Å²) in [7, 11) is -4.17. The largest absolute Gasteiger partial charge is 0.463 e. The minimum atomic E-state index is -1.65. The van der Waals surface area contributed by atoms with Gasteiger partial charge < -0.3 is 45.7 Å². The highest BCUT2D eigenvalue weighted by Gasteiger charge is 2.33. The van der Waals surface area contributed by atoms with Crippen molar-refractivity contribution in [3.8, 4) is 40.2 Å². The first-order valence-corrected chi connectivity index (χ1v) is 41.0. The van der Waals surface area contributed by atoms with E-state index in [4.69, 9.17) is 54.5 Å². The summed E-state index contributed by atoms with van der Waals surface area (Å²) < 4.78 is 72.7. The number of carbonyl (C=O) groups is 1. The average molecular weight is 1480 g/mol. The van der Waals surface area contributed by atoms with Crippen LogP contribution in [0.3, 0.4) is 0 Å². The summed E-state index contributed by atoms with van der Waals surface area (Å²) in [6.07, 6.45) is 7.41. The molecule has 0 saturated carbocycles. The lowest BCUT2D eigenvalue weighted by Gasteiger charge is -2.31. The molecule has 7 aromatic rings. The Balaban J connectivity index is 0.000000276. The van der Waals surface area contributed by atoms with Gasteiger partial charge in [0.25, 0.3) is 0 Å². The fourth-order valence-corrected chi connectivity index (χ4v) is 14.4. The van der Waals surface area contributed by atoms with E-state index in [1.807, 2.05) is 128 Å². The van der Waals surface area contributed by atoms with Crippen LogP contribution in [0.2, 0.25) is 0 Å². The van der Waals surface area contributed by atoms with Gasteiger partial charge >= 0.3 is 25.8 Å². The molecule has 0 aliphatic rings. The molecule has 0 aromatic heterocycles. The fourth-order valence-electron chi connectivity index (χ4n) is 10.4. The van der Waals surface area contributed by atoms with Crippen molar-refractivity contribution in [1.82, 2.24) is 0 Å². The summed E-state index contributed by atoms with van der Waals surface area (Å²) >= 11 is 0. The van der Waals surface area contributed by atoms with E-state index >= 15 is 0 Å². The van der Waals surface area contributed by atoms with Crippen LogP contribution >= 0.6 is 34.2 Å². The Hall–Kier alpha value is -5.67. The maximum Gasteiger partial charge on any atom is 0.463 e. The number of benzene rings is 7. The zero-order valence-corrected chi connectivity index (χ0v) is 69.5. The molecule has 0 aliphatic carbocycles. The van der Waals surface area contributed by atoms with E-state index in [2.05, 4.69) is 175 Å². The van der Waals surface area contributed by atoms with Gasteiger partial charge in [-0.2, -0.15) is 0 Å². The second-order valence-corrected chi connectivity index (χ2v) is 35.7. The molecule has 102 heavy (non-hydrogen) atoms. The molecule has 560 valence electrons. The molecule has 0 bridgehead atoms. The minimum absolute atomic E-state index is 0.0508. The van der Waals surface area contributed by atoms with Gasteiger partial charge in [0.15, 0.2) is 0 Å². The number of rotatable bonds is 35. The van der Waals surface area contributed by atoms with Gasteiger partial charge in [0.2, 0.25) is 8.38 Å². The monoisotopic (exact) mass is 1470 g/mol. The highest BCUT2D eigenvalue weighted by molar-refractivity contribution is 7.46. The van der Waals surface area contributed by atoms with E-state index in [0.29, 0.717) is 61.6 Å². The van der Waals surface area contributed by atoms with Crippen LogP contribution < -0.4 is 31.7 Å². The van der Waals surface area contributed by atoms with Crippen molar-refractivity contribution < 1.29 is 59.3 Å². The molecule has 0 saturated heterocycles. The molecule has 1 unspecified atom stereocenters. The van der Waals surface area contributed by atoms with Crippen LogP contribution in [0, 0.1) is 19.8 Å². The molecule has 0 spiro atoms. The van der Waals surface area contributed by atoms with E-state index in [0.717, 1.165) is 73.7 Å². The quantitative estimate of drug-likeness (QED) is 0.0276. The SMILES string of the molecule is CCOP(Oc1c(C)cc(C(C)(C)C)cc1C(C)(C)C)Oc1c(C)cc(C(C)(C)C)cc1C(C)(C)C.COCCCCCCOP(C)Oc1c(CC(C)C)cc(CCC(C)=O)cc1C(C)(C)C.c1ccc(OP(OCCCOP(Oc2ccccc2)Oc2ccccc2)Oc2ccccc2)cc1. The van der Waals surface area contributed by atoms with Crippen molar-refractivity contribution in [2.24, 2.45) is 5.92 Å². The van der Waals surface area contributed by atoms with Gasteiger partial charge in [-0.15, -0.1) is 0 Å². The third-order valence-corrected chi connectivity index (χ3v) is 20.3. The van der Waals surface area contributed by atoms with Gasteiger partial charge in [-0.25, -0.2) is 0 Å². The second kappa shape index (κ2) is 42.5. The van der Waals surface area contributed by atoms with Gasteiger partial charge in [0.05, 0.1) is 26.4 Å². The minimum Gasteiger partial charge on any atom is -0.447 e. The second-order valence-electron chi connectivity index (χ2n) is 31.2. The van der Waals surface area contributed by atoms with Gasteiger partial charge in [0.1, 0.15) is 46.0 Å². The average Bonchev–Trinajstić information content (AvgIpc) is 0.795. The standard InChI is InChI=1S/C32H51O3P.C27H26O6P2.C26H45O4P/c1-16-33-36(34-27-21(2)17-23(29(4,5)6)19-25(27)31(10,11)12)35-28-22(3)18-24(30(7,8)9)20-26(28)32(13,14)15;1-5-14-24(15-6-1)30-34(31-25-16-7-2-8-17-25)28-22-13-23-29-35(32-26-18-9-3-10-19-26)33-27-20-11-4-12-21-27;1-20(2)17-23-18-22(14-13-21(3)27)19-24(26(4,5)6)25(23)30-31(8)29-16-12-10-9-11-15-28-7/h17-20H,16H2,1-15H3;1-12,14-21H,13,22-23H2;18-20H,9-17H2,1-8H3. The Kier molecular flexibility index (Phi) is 36.2. The number of ketones is 1. The highest BCUT2D eigenvalue weighted by atomic mass is 31.2. The Morgan fingerprint density at radius 1 is 0.412 bits per heavy atom. The number of ether oxygens (including phenoxy) is 1. The van der Waals surface area contributed by atoms with Crippen molar-refractivity contribution in [3.63, 3.8) is 0 Å². The first-order chi connectivity index (χ1) is 48.0. The molecule has 0 amide bonds. The van der Waals surface area contributed by atoms with Gasteiger partial charge in [-0.3, -0.25) is 13.6 Å². The Labute approximate surface area is 620 Å². The van der Waals surface area contributed by atoms with Crippen molar-refractivity contribution in [3.05, 3.63) is 208 Å². The molecule has 0 heterocycles. The predicted octanol–water partition coefficient (Wildman–Crippen LogP) is 25.6. The lowest BCUT2D eigenvalue weighted by molar-refractivity contribution is -0.117. The summed E-state index contributed by atoms with van der Waals surface area (Å²) in [5.41, 5.74) is 10.7. The van der Waals surface area contributed by atoms with Gasteiger partial charge in [-0.05, 0) is 175 Å². The van der Waals surface area contributed by atoms with Gasteiger partial charge in [0, 0.05) is 43.5 Å². The van der Waals surface area contributed by atoms with E-state index < -0.39 is 34.2 Å². The fraction of sp³-hybridized carbons (Fsp3) is 0.494. The lowest BCUT2D eigenvalue weighted by Crippen LogP contribution is -2.19. The molecule has 17 heteroatoms. The zero-order chi connectivity index (χ0) is 75.3. The van der Waals surface area contributed by atoms with Crippen LogP contribution in [0.5, 0.6) is 40.2 Å². The Morgan fingerprint density at radius 2 is 0.775 bits per heavy atom. The van der Waals surface area contributed by atoms with Crippen molar-refractivity contribution in [2.45, 2.75) is 224 Å². The van der Waals surface area contributed by atoms with E-state index in [1.54, 1.807) is 14.0 Å². The normalized spacial score (nSPS) is 12.3. The molecule has 0 aliphatic heterocycles. The number of para-hydroxylation sites is 4. The molecule has 13 nitrogen and oxygen atoms in total. The van der Waals surface area contributed by atoms with Crippen LogP contribution in [0.15, 0.2) is 158 Å². The van der Waals surface area contributed by atoms with Crippen LogP contribution in [0.1, 0.15) is 220 Å². The molecule has 7 rings (SSSR count). The van der Waals surface area contributed by atoms with Crippen molar-refractivity contribution in [2.75, 3.05) is 46.8 Å². The number of aryl methyl sites for hydroxylation is 3. The van der Waals surface area contributed by atoms with Crippen LogP contribution in [-0.4, -0.2) is 52.6 Å². The topological polar surface area (TPSA) is 128 Å². The molecular weight excluding hydrogens is 1350 g/mol. The lowest BCUT2D eigenvalue weighted by atomic mass is 9.79. The van der Waals surface area contributed by atoms with E-state index in [1.165, 1.54) is 45.4 Å². The van der Waals surface area contributed by atoms with Crippen LogP contribution in [-0.2, 0) is 67.5 Å². The number of methoxy groups -OCH3 is 1. The number of carbonyl (C=O) groups excluding carboxylic acids is 1.